The van der Waals surface area contributed by atoms with Crippen molar-refractivity contribution in [3.05, 3.63) is 28.2 Å². The van der Waals surface area contributed by atoms with Gasteiger partial charge in [0.05, 0.1) is 6.10 Å². The van der Waals surface area contributed by atoms with Crippen LogP contribution in [0.4, 0.5) is 5.69 Å². The van der Waals surface area contributed by atoms with Gasteiger partial charge in [0.1, 0.15) is 0 Å². The first-order valence-corrected chi connectivity index (χ1v) is 6.80. The van der Waals surface area contributed by atoms with E-state index in [1.54, 1.807) is 6.92 Å². The van der Waals surface area contributed by atoms with E-state index in [-0.39, 0.29) is 5.54 Å². The maximum absolute atomic E-state index is 9.60. The second-order valence-corrected chi connectivity index (χ2v) is 5.96. The third-order valence-corrected chi connectivity index (χ3v) is 4.28. The van der Waals surface area contributed by atoms with Crippen molar-refractivity contribution in [3.63, 3.8) is 0 Å². The molecule has 0 spiro atoms. The quantitative estimate of drug-likeness (QED) is 0.904. The number of anilines is 1. The first-order valence-electron chi connectivity index (χ1n) is 6.01. The van der Waals surface area contributed by atoms with E-state index in [4.69, 9.17) is 0 Å². The predicted molar refractivity (Wildman–Crippen MR) is 77.5 cm³/mol. The van der Waals surface area contributed by atoms with Crippen LogP contribution >= 0.6 is 15.9 Å². The molecule has 17 heavy (non-hydrogen) atoms. The molecule has 0 heterocycles. The molecule has 1 aromatic carbocycles. The van der Waals surface area contributed by atoms with E-state index in [1.165, 1.54) is 0 Å². The zero-order valence-electron chi connectivity index (χ0n) is 11.3. The fourth-order valence-corrected chi connectivity index (χ4v) is 2.35. The Morgan fingerprint density at radius 2 is 2.00 bits per heavy atom. The van der Waals surface area contributed by atoms with E-state index in [1.807, 2.05) is 6.07 Å². The van der Waals surface area contributed by atoms with E-state index in [9.17, 15) is 5.11 Å². The van der Waals surface area contributed by atoms with E-state index in [0.717, 1.165) is 22.1 Å². The standard InChI is InChI=1S/C14H22BrNO/c1-6-14(3,4)16(5)11-7-8-12(10(2)17)13(15)9-11/h7-10,17H,6H2,1-5H3. The molecule has 1 atom stereocenters. The van der Waals surface area contributed by atoms with Crippen LogP contribution in [-0.2, 0) is 0 Å². The van der Waals surface area contributed by atoms with Gasteiger partial charge in [-0.1, -0.05) is 28.9 Å². The summed E-state index contributed by atoms with van der Waals surface area (Å²) in [4.78, 5) is 2.27. The van der Waals surface area contributed by atoms with Gasteiger partial charge in [-0.2, -0.15) is 0 Å². The van der Waals surface area contributed by atoms with Crippen LogP contribution in [0.25, 0.3) is 0 Å². The lowest BCUT2D eigenvalue weighted by Gasteiger charge is -2.37. The summed E-state index contributed by atoms with van der Waals surface area (Å²) in [6.07, 6.45) is 0.641. The highest BCUT2D eigenvalue weighted by molar-refractivity contribution is 9.10. The molecule has 0 fully saturated rings. The first-order chi connectivity index (χ1) is 7.79. The van der Waals surface area contributed by atoms with Crippen LogP contribution in [0.3, 0.4) is 0 Å². The van der Waals surface area contributed by atoms with Crippen LogP contribution in [-0.4, -0.2) is 17.7 Å². The molecule has 0 saturated heterocycles. The van der Waals surface area contributed by atoms with Crippen molar-refractivity contribution in [1.29, 1.82) is 0 Å². The number of benzene rings is 1. The number of rotatable bonds is 4. The Bertz CT molecular complexity index is 388. The minimum Gasteiger partial charge on any atom is -0.389 e. The number of hydrogen-bond donors (Lipinski definition) is 1. The summed E-state index contributed by atoms with van der Waals surface area (Å²) in [5.74, 6) is 0. The summed E-state index contributed by atoms with van der Waals surface area (Å²) in [6.45, 7) is 8.42. The molecule has 0 bridgehead atoms. The molecule has 3 heteroatoms. The Balaban J connectivity index is 3.06. The van der Waals surface area contributed by atoms with E-state index >= 15 is 0 Å². The Kier molecular flexibility index (Phi) is 4.62. The van der Waals surface area contributed by atoms with Crippen LogP contribution in [0, 0.1) is 0 Å². The first kappa shape index (κ1) is 14.5. The molecular weight excluding hydrogens is 278 g/mol. The van der Waals surface area contributed by atoms with Gasteiger partial charge < -0.3 is 10.0 Å². The number of aliphatic hydroxyl groups excluding tert-OH is 1. The van der Waals surface area contributed by atoms with Gasteiger partial charge in [-0.25, -0.2) is 0 Å². The van der Waals surface area contributed by atoms with Crippen molar-refractivity contribution in [3.8, 4) is 0 Å². The van der Waals surface area contributed by atoms with Gasteiger partial charge in [-0.05, 0) is 44.9 Å². The van der Waals surface area contributed by atoms with Gasteiger partial charge in [-0.15, -0.1) is 0 Å². The lowest BCUT2D eigenvalue weighted by atomic mass is 9.98. The molecule has 2 nitrogen and oxygen atoms in total. The molecule has 96 valence electrons. The van der Waals surface area contributed by atoms with Crippen LogP contribution in [0.5, 0.6) is 0 Å². The monoisotopic (exact) mass is 299 g/mol. The maximum atomic E-state index is 9.60. The van der Waals surface area contributed by atoms with Gasteiger partial charge in [0, 0.05) is 22.7 Å². The molecule has 0 saturated carbocycles. The molecule has 1 N–H and O–H groups in total. The summed E-state index contributed by atoms with van der Waals surface area (Å²) < 4.78 is 0.962. The summed E-state index contributed by atoms with van der Waals surface area (Å²) in [5.41, 5.74) is 2.22. The highest BCUT2D eigenvalue weighted by Gasteiger charge is 2.22. The van der Waals surface area contributed by atoms with Gasteiger partial charge in [0.15, 0.2) is 0 Å². The topological polar surface area (TPSA) is 23.5 Å². The third kappa shape index (κ3) is 3.23. The average Bonchev–Trinajstić information content (AvgIpc) is 2.27. The lowest BCUT2D eigenvalue weighted by Crippen LogP contribution is -2.40. The van der Waals surface area contributed by atoms with Crippen molar-refractivity contribution >= 4 is 21.6 Å². The van der Waals surface area contributed by atoms with Gasteiger partial charge in [0.25, 0.3) is 0 Å². The summed E-state index contributed by atoms with van der Waals surface area (Å²) in [7, 11) is 2.10. The normalized spacial score (nSPS) is 13.6. The second kappa shape index (κ2) is 5.40. The molecule has 0 amide bonds. The highest BCUT2D eigenvalue weighted by Crippen LogP contribution is 2.31. The van der Waals surface area contributed by atoms with Crippen LogP contribution in [0.1, 0.15) is 45.8 Å². The van der Waals surface area contributed by atoms with Crippen molar-refractivity contribution < 1.29 is 5.11 Å². The maximum Gasteiger partial charge on any atom is 0.0772 e. The molecule has 1 aromatic rings. The molecular formula is C14H22BrNO. The molecule has 0 radical (unpaired) electrons. The number of halogens is 1. The zero-order chi connectivity index (χ0) is 13.2. The third-order valence-electron chi connectivity index (χ3n) is 3.59. The van der Waals surface area contributed by atoms with Crippen molar-refractivity contribution in [2.45, 2.75) is 45.8 Å². The minimum atomic E-state index is -0.442. The SMILES string of the molecule is CCC(C)(C)N(C)c1ccc(C(C)O)c(Br)c1. The largest absolute Gasteiger partial charge is 0.389 e. The molecule has 0 aromatic heterocycles. The Hall–Kier alpha value is -0.540. The Labute approximate surface area is 113 Å². The summed E-state index contributed by atoms with van der Waals surface area (Å²) >= 11 is 3.52. The number of hydrogen-bond acceptors (Lipinski definition) is 2. The minimum absolute atomic E-state index is 0.131. The molecule has 0 aliphatic carbocycles. The van der Waals surface area contributed by atoms with E-state index < -0.39 is 6.10 Å². The fraction of sp³-hybridized carbons (Fsp3) is 0.571. The van der Waals surface area contributed by atoms with Gasteiger partial charge in [-0.3, -0.25) is 0 Å². The Morgan fingerprint density at radius 3 is 2.41 bits per heavy atom. The number of nitrogens with zero attached hydrogens (tertiary/aromatic N) is 1. The van der Waals surface area contributed by atoms with Crippen molar-refractivity contribution in [1.82, 2.24) is 0 Å². The van der Waals surface area contributed by atoms with E-state index in [0.29, 0.717) is 0 Å². The summed E-state index contributed by atoms with van der Waals surface area (Å²) in [6, 6.07) is 6.11. The van der Waals surface area contributed by atoms with Crippen LogP contribution in [0.2, 0.25) is 0 Å². The second-order valence-electron chi connectivity index (χ2n) is 5.11. The molecule has 0 aliphatic heterocycles. The van der Waals surface area contributed by atoms with Crippen LogP contribution < -0.4 is 4.90 Å². The predicted octanol–water partition coefficient (Wildman–Crippen LogP) is 4.13. The smallest absolute Gasteiger partial charge is 0.0772 e. The summed E-state index contributed by atoms with van der Waals surface area (Å²) in [5, 5.41) is 9.60. The lowest BCUT2D eigenvalue weighted by molar-refractivity contribution is 0.198. The average molecular weight is 300 g/mol. The molecule has 0 aliphatic rings. The van der Waals surface area contributed by atoms with Gasteiger partial charge >= 0.3 is 0 Å². The highest BCUT2D eigenvalue weighted by atomic mass is 79.9. The van der Waals surface area contributed by atoms with Crippen molar-refractivity contribution in [2.75, 3.05) is 11.9 Å². The van der Waals surface area contributed by atoms with Crippen LogP contribution in [0.15, 0.2) is 22.7 Å². The fourth-order valence-electron chi connectivity index (χ4n) is 1.65. The van der Waals surface area contributed by atoms with Crippen molar-refractivity contribution in [2.24, 2.45) is 0 Å². The van der Waals surface area contributed by atoms with E-state index in [2.05, 4.69) is 60.8 Å². The van der Waals surface area contributed by atoms with Gasteiger partial charge in [0.2, 0.25) is 0 Å². The zero-order valence-corrected chi connectivity index (χ0v) is 12.9. The Morgan fingerprint density at radius 1 is 1.41 bits per heavy atom. The molecule has 1 rings (SSSR count). The molecule has 1 unspecified atom stereocenters. The number of aliphatic hydroxyl groups is 1.